The molecular formula is C23H19N3O2. The highest BCUT2D eigenvalue weighted by Crippen LogP contribution is 2.11. The van der Waals surface area contributed by atoms with Crippen LogP contribution in [0.5, 0.6) is 0 Å². The van der Waals surface area contributed by atoms with E-state index in [2.05, 4.69) is 16.2 Å². The van der Waals surface area contributed by atoms with Gasteiger partial charge in [0.1, 0.15) is 0 Å². The Bertz CT molecular complexity index is 1050. The summed E-state index contributed by atoms with van der Waals surface area (Å²) in [5.41, 5.74) is 3.22. The number of aryl methyl sites for hydroxylation is 1. The minimum Gasteiger partial charge on any atom is -0.331 e. The lowest BCUT2D eigenvalue weighted by Gasteiger charge is -2.06. The second-order valence-electron chi connectivity index (χ2n) is 6.25. The molecule has 2 aromatic carbocycles. The fraction of sp³-hybridized carbons (Fsp3) is 0.0870. The van der Waals surface area contributed by atoms with Crippen molar-refractivity contribution in [1.29, 1.82) is 0 Å². The number of ketones is 1. The molecule has 0 bridgehead atoms. The van der Waals surface area contributed by atoms with Crippen LogP contribution >= 0.6 is 0 Å². The number of rotatable bonds is 6. The summed E-state index contributed by atoms with van der Waals surface area (Å²) in [6, 6.07) is 14.6. The number of imidazole rings is 1. The predicted octanol–water partition coefficient (Wildman–Crippen LogP) is 3.48. The molecule has 0 aliphatic heterocycles. The second kappa shape index (κ2) is 8.65. The third kappa shape index (κ3) is 4.83. The lowest BCUT2D eigenvalue weighted by Crippen LogP contribution is -2.14. The number of aromatic nitrogens is 2. The van der Waals surface area contributed by atoms with Gasteiger partial charge in [-0.3, -0.25) is 9.59 Å². The van der Waals surface area contributed by atoms with Crippen molar-refractivity contribution in [2.45, 2.75) is 6.42 Å². The van der Waals surface area contributed by atoms with Crippen molar-refractivity contribution in [1.82, 2.24) is 9.55 Å². The standard InChI is InChI=1S/C23H19N3O2/c1-3-17-8-11-20(12-9-17)25-22(28)16-19-6-4-18(5-7-19)10-13-21(27)23-24-14-15-26(23)2/h1,4-15H,16H2,2H3,(H,25,28). The molecule has 5 nitrogen and oxygen atoms in total. The monoisotopic (exact) mass is 369 g/mol. The van der Waals surface area contributed by atoms with Crippen molar-refractivity contribution in [2.75, 3.05) is 5.32 Å². The van der Waals surface area contributed by atoms with E-state index in [0.29, 0.717) is 11.5 Å². The number of terminal acetylenes is 1. The number of nitrogens with one attached hydrogen (secondary N) is 1. The first kappa shape index (κ1) is 18.9. The Morgan fingerprint density at radius 2 is 1.86 bits per heavy atom. The first-order valence-electron chi connectivity index (χ1n) is 8.70. The van der Waals surface area contributed by atoms with Crippen LogP contribution in [-0.4, -0.2) is 21.2 Å². The van der Waals surface area contributed by atoms with Gasteiger partial charge in [0.15, 0.2) is 5.82 Å². The SMILES string of the molecule is C#Cc1ccc(NC(=O)Cc2ccc(C=CC(=O)c3nccn3C)cc2)cc1. The van der Waals surface area contributed by atoms with Crippen LogP contribution in [0.15, 0.2) is 67.0 Å². The van der Waals surface area contributed by atoms with Crippen molar-refractivity contribution in [3.63, 3.8) is 0 Å². The van der Waals surface area contributed by atoms with E-state index in [9.17, 15) is 9.59 Å². The van der Waals surface area contributed by atoms with Crippen LogP contribution in [0.1, 0.15) is 27.3 Å². The summed E-state index contributed by atoms with van der Waals surface area (Å²) in [5, 5.41) is 2.84. The van der Waals surface area contributed by atoms with Gasteiger partial charge in [0.2, 0.25) is 11.7 Å². The zero-order chi connectivity index (χ0) is 19.9. The summed E-state index contributed by atoms with van der Waals surface area (Å²) >= 11 is 0. The lowest BCUT2D eigenvalue weighted by atomic mass is 10.1. The van der Waals surface area contributed by atoms with Crippen LogP contribution in [0, 0.1) is 12.3 Å². The Morgan fingerprint density at radius 1 is 1.14 bits per heavy atom. The molecule has 0 aliphatic rings. The van der Waals surface area contributed by atoms with Crippen LogP contribution in [0.3, 0.4) is 0 Å². The average molecular weight is 369 g/mol. The van der Waals surface area contributed by atoms with Crippen molar-refractivity contribution >= 4 is 23.5 Å². The summed E-state index contributed by atoms with van der Waals surface area (Å²) in [4.78, 5) is 28.3. The molecule has 1 amide bonds. The molecule has 0 radical (unpaired) electrons. The third-order valence-corrected chi connectivity index (χ3v) is 4.15. The summed E-state index contributed by atoms with van der Waals surface area (Å²) in [6.07, 6.45) is 12.1. The van der Waals surface area contributed by atoms with E-state index in [1.807, 2.05) is 24.3 Å². The largest absolute Gasteiger partial charge is 0.331 e. The number of nitrogens with zero attached hydrogens (tertiary/aromatic N) is 2. The zero-order valence-electron chi connectivity index (χ0n) is 15.4. The minimum atomic E-state index is -0.160. The van der Waals surface area contributed by atoms with Gasteiger partial charge in [-0.2, -0.15) is 0 Å². The van der Waals surface area contributed by atoms with E-state index in [1.165, 1.54) is 6.08 Å². The maximum Gasteiger partial charge on any atom is 0.228 e. The average Bonchev–Trinajstić information content (AvgIpc) is 3.14. The van der Waals surface area contributed by atoms with Crippen molar-refractivity contribution in [2.24, 2.45) is 7.05 Å². The number of carbonyl (C=O) groups excluding carboxylic acids is 2. The number of hydrogen-bond acceptors (Lipinski definition) is 3. The van der Waals surface area contributed by atoms with Gasteiger partial charge >= 0.3 is 0 Å². The number of anilines is 1. The van der Waals surface area contributed by atoms with Crippen molar-refractivity contribution in [3.8, 4) is 12.3 Å². The Kier molecular flexibility index (Phi) is 5.83. The Labute approximate surface area is 163 Å². The summed E-state index contributed by atoms with van der Waals surface area (Å²) in [7, 11) is 1.78. The quantitative estimate of drug-likeness (QED) is 0.411. The van der Waals surface area contributed by atoms with Gasteiger partial charge in [0.25, 0.3) is 0 Å². The van der Waals surface area contributed by atoms with Gasteiger partial charge in [-0.05, 0) is 41.5 Å². The van der Waals surface area contributed by atoms with Gasteiger partial charge < -0.3 is 9.88 Å². The first-order valence-corrected chi connectivity index (χ1v) is 8.70. The molecule has 0 unspecified atom stereocenters. The van der Waals surface area contributed by atoms with Crippen LogP contribution in [-0.2, 0) is 18.3 Å². The fourth-order valence-electron chi connectivity index (χ4n) is 2.64. The number of hydrogen-bond donors (Lipinski definition) is 1. The molecule has 0 atom stereocenters. The summed E-state index contributed by atoms with van der Waals surface area (Å²) < 4.78 is 1.68. The molecule has 0 aliphatic carbocycles. The molecule has 28 heavy (non-hydrogen) atoms. The number of benzene rings is 2. The van der Waals surface area contributed by atoms with Gasteiger partial charge in [-0.1, -0.05) is 36.3 Å². The maximum absolute atomic E-state index is 12.2. The highest BCUT2D eigenvalue weighted by atomic mass is 16.1. The number of amides is 1. The van der Waals surface area contributed by atoms with Crippen molar-refractivity contribution in [3.05, 3.63) is 89.5 Å². The molecule has 0 saturated heterocycles. The predicted molar refractivity (Wildman–Crippen MR) is 110 cm³/mol. The van der Waals surface area contributed by atoms with E-state index >= 15 is 0 Å². The highest BCUT2D eigenvalue weighted by molar-refractivity contribution is 6.04. The molecule has 0 saturated carbocycles. The van der Waals surface area contributed by atoms with Gasteiger partial charge in [0, 0.05) is 30.7 Å². The molecule has 138 valence electrons. The molecule has 0 spiro atoms. The van der Waals surface area contributed by atoms with Gasteiger partial charge in [0.05, 0.1) is 6.42 Å². The molecule has 1 aromatic heterocycles. The molecule has 1 heterocycles. The van der Waals surface area contributed by atoms with Crippen LogP contribution in [0.25, 0.3) is 6.08 Å². The van der Waals surface area contributed by atoms with E-state index in [4.69, 9.17) is 6.42 Å². The van der Waals surface area contributed by atoms with E-state index < -0.39 is 0 Å². The molecular weight excluding hydrogens is 350 g/mol. The lowest BCUT2D eigenvalue weighted by molar-refractivity contribution is -0.115. The molecule has 3 rings (SSSR count). The smallest absolute Gasteiger partial charge is 0.228 e. The molecule has 0 fully saturated rings. The van der Waals surface area contributed by atoms with Crippen LogP contribution in [0.4, 0.5) is 5.69 Å². The van der Waals surface area contributed by atoms with Crippen molar-refractivity contribution < 1.29 is 9.59 Å². The first-order chi connectivity index (χ1) is 13.5. The van der Waals surface area contributed by atoms with Gasteiger partial charge in [-0.15, -0.1) is 6.42 Å². The third-order valence-electron chi connectivity index (χ3n) is 4.15. The summed E-state index contributed by atoms with van der Waals surface area (Å²) in [6.45, 7) is 0. The highest BCUT2D eigenvalue weighted by Gasteiger charge is 2.07. The molecule has 3 aromatic rings. The minimum absolute atomic E-state index is 0.110. The maximum atomic E-state index is 12.2. The normalized spacial score (nSPS) is 10.6. The van der Waals surface area contributed by atoms with Gasteiger partial charge in [-0.25, -0.2) is 4.98 Å². The fourth-order valence-corrected chi connectivity index (χ4v) is 2.64. The number of carbonyl (C=O) groups is 2. The molecule has 5 heteroatoms. The Hall–Kier alpha value is -3.91. The molecule has 1 N–H and O–H groups in total. The second-order valence-corrected chi connectivity index (χ2v) is 6.25. The van der Waals surface area contributed by atoms with Crippen LogP contribution < -0.4 is 5.32 Å². The Balaban J connectivity index is 1.57. The van der Waals surface area contributed by atoms with E-state index in [1.54, 1.807) is 54.3 Å². The van der Waals surface area contributed by atoms with E-state index in [0.717, 1.165) is 16.7 Å². The topological polar surface area (TPSA) is 64.0 Å². The summed E-state index contributed by atoms with van der Waals surface area (Å²) in [5.74, 6) is 2.66. The number of allylic oxidation sites excluding steroid dienone is 1. The zero-order valence-corrected chi connectivity index (χ0v) is 15.4. The van der Waals surface area contributed by atoms with Crippen LogP contribution in [0.2, 0.25) is 0 Å². The van der Waals surface area contributed by atoms with E-state index in [-0.39, 0.29) is 18.1 Å². The Morgan fingerprint density at radius 3 is 2.46 bits per heavy atom.